The maximum Gasteiger partial charge on any atom is 0.261 e. The summed E-state index contributed by atoms with van der Waals surface area (Å²) in [4.78, 5) is 14.2. The number of carbonyl (C=O) groups excluding carboxylic acids is 1. The second-order valence-corrected chi connectivity index (χ2v) is 4.61. The third kappa shape index (κ3) is 2.25. The van der Waals surface area contributed by atoms with Gasteiger partial charge in [0.05, 0.1) is 17.9 Å². The zero-order valence-electron chi connectivity index (χ0n) is 10.9. The lowest BCUT2D eigenvalue weighted by molar-refractivity contribution is 0.0983. The van der Waals surface area contributed by atoms with Crippen molar-refractivity contribution in [1.29, 1.82) is 0 Å². The van der Waals surface area contributed by atoms with Crippen molar-refractivity contribution in [3.8, 4) is 5.75 Å². The van der Waals surface area contributed by atoms with Gasteiger partial charge in [0.15, 0.2) is 0 Å². The van der Waals surface area contributed by atoms with Crippen LogP contribution in [0.25, 0.3) is 0 Å². The van der Waals surface area contributed by atoms with E-state index in [1.165, 1.54) is 12.1 Å². The Balaban J connectivity index is 2.02. The molecule has 2 aromatic carbocycles. The van der Waals surface area contributed by atoms with Gasteiger partial charge in [-0.15, -0.1) is 0 Å². The van der Waals surface area contributed by atoms with Gasteiger partial charge < -0.3 is 9.64 Å². The van der Waals surface area contributed by atoms with Crippen molar-refractivity contribution in [1.82, 2.24) is 0 Å². The van der Waals surface area contributed by atoms with Crippen LogP contribution in [0.3, 0.4) is 0 Å². The Bertz CT molecular complexity index is 642. The molecule has 102 valence electrons. The first-order chi connectivity index (χ1) is 9.77. The molecule has 0 atom stereocenters. The lowest BCUT2D eigenvalue weighted by Gasteiger charge is -2.21. The fourth-order valence-corrected chi connectivity index (χ4v) is 2.32. The normalized spacial score (nSPS) is 14.2. The summed E-state index contributed by atoms with van der Waals surface area (Å²) in [6.45, 7) is 1.07. The first kappa shape index (κ1) is 12.7. The fraction of sp³-hybridized carbons (Fsp3) is 0.188. The van der Waals surface area contributed by atoms with Gasteiger partial charge in [0.25, 0.3) is 5.91 Å². The minimum Gasteiger partial charge on any atom is -0.491 e. The van der Waals surface area contributed by atoms with E-state index in [9.17, 15) is 9.18 Å². The van der Waals surface area contributed by atoms with Gasteiger partial charge in [-0.1, -0.05) is 24.3 Å². The molecule has 4 heteroatoms. The molecule has 0 bridgehead atoms. The first-order valence-corrected chi connectivity index (χ1v) is 6.55. The quantitative estimate of drug-likeness (QED) is 0.796. The molecule has 2 aromatic rings. The molecule has 0 radical (unpaired) electrons. The molecular weight excluding hydrogens is 257 g/mol. The molecule has 1 aliphatic heterocycles. The summed E-state index contributed by atoms with van der Waals surface area (Å²) in [6.07, 6.45) is 0.717. The van der Waals surface area contributed by atoms with Crippen molar-refractivity contribution in [3.05, 3.63) is 59.9 Å². The lowest BCUT2D eigenvalue weighted by Crippen LogP contribution is -2.32. The van der Waals surface area contributed by atoms with Gasteiger partial charge in [0.1, 0.15) is 11.6 Å². The van der Waals surface area contributed by atoms with Crippen molar-refractivity contribution in [2.24, 2.45) is 0 Å². The summed E-state index contributed by atoms with van der Waals surface area (Å²) in [5.74, 6) is -0.170. The fourth-order valence-electron chi connectivity index (χ4n) is 2.32. The topological polar surface area (TPSA) is 29.5 Å². The molecule has 3 nitrogen and oxygen atoms in total. The third-order valence-electron chi connectivity index (χ3n) is 3.29. The van der Waals surface area contributed by atoms with Crippen LogP contribution < -0.4 is 9.64 Å². The first-order valence-electron chi connectivity index (χ1n) is 6.55. The van der Waals surface area contributed by atoms with E-state index in [1.54, 1.807) is 17.0 Å². The number of halogens is 1. The number of benzene rings is 2. The Morgan fingerprint density at radius 3 is 2.70 bits per heavy atom. The average molecular weight is 271 g/mol. The largest absolute Gasteiger partial charge is 0.491 e. The molecule has 0 saturated carbocycles. The molecule has 0 fully saturated rings. The van der Waals surface area contributed by atoms with E-state index < -0.39 is 5.82 Å². The number of para-hydroxylation sites is 2. The number of fused-ring (bicyclic) bond motifs is 1. The number of amides is 1. The molecule has 1 amide bonds. The second-order valence-electron chi connectivity index (χ2n) is 4.61. The highest BCUT2D eigenvalue weighted by molar-refractivity contribution is 6.07. The van der Waals surface area contributed by atoms with Gasteiger partial charge in [-0.25, -0.2) is 4.39 Å². The zero-order valence-corrected chi connectivity index (χ0v) is 10.9. The Morgan fingerprint density at radius 1 is 1.10 bits per heavy atom. The van der Waals surface area contributed by atoms with Gasteiger partial charge in [-0.2, -0.15) is 0 Å². The van der Waals surface area contributed by atoms with Crippen LogP contribution in [0.4, 0.5) is 10.1 Å². The van der Waals surface area contributed by atoms with E-state index in [2.05, 4.69) is 0 Å². The van der Waals surface area contributed by atoms with Gasteiger partial charge in [-0.3, -0.25) is 4.79 Å². The Morgan fingerprint density at radius 2 is 1.85 bits per heavy atom. The van der Waals surface area contributed by atoms with E-state index in [0.29, 0.717) is 24.6 Å². The van der Waals surface area contributed by atoms with Crippen LogP contribution in [0.2, 0.25) is 0 Å². The molecule has 0 aliphatic carbocycles. The highest BCUT2D eigenvalue weighted by Crippen LogP contribution is 2.31. The van der Waals surface area contributed by atoms with E-state index in [1.807, 2.05) is 24.3 Å². The number of anilines is 1. The SMILES string of the molecule is O=C(c1ccccc1F)N1CCCOc2ccccc21. The van der Waals surface area contributed by atoms with Crippen molar-refractivity contribution in [2.45, 2.75) is 6.42 Å². The van der Waals surface area contributed by atoms with Crippen molar-refractivity contribution in [2.75, 3.05) is 18.1 Å². The van der Waals surface area contributed by atoms with E-state index >= 15 is 0 Å². The van der Waals surface area contributed by atoms with Crippen LogP contribution in [0, 0.1) is 5.82 Å². The maximum absolute atomic E-state index is 13.8. The summed E-state index contributed by atoms with van der Waals surface area (Å²) in [6, 6.07) is 13.4. The molecule has 20 heavy (non-hydrogen) atoms. The van der Waals surface area contributed by atoms with Crippen LogP contribution >= 0.6 is 0 Å². The molecule has 0 unspecified atom stereocenters. The van der Waals surface area contributed by atoms with Crippen molar-refractivity contribution >= 4 is 11.6 Å². The minimum atomic E-state index is -0.500. The number of rotatable bonds is 1. The van der Waals surface area contributed by atoms with Gasteiger partial charge in [0, 0.05) is 6.54 Å². The van der Waals surface area contributed by atoms with Crippen molar-refractivity contribution < 1.29 is 13.9 Å². The van der Waals surface area contributed by atoms with Gasteiger partial charge in [0.2, 0.25) is 0 Å². The number of hydrogen-bond donors (Lipinski definition) is 0. The summed E-state index contributed by atoms with van der Waals surface area (Å²) in [5.41, 5.74) is 0.780. The smallest absolute Gasteiger partial charge is 0.261 e. The van der Waals surface area contributed by atoms with E-state index in [0.717, 1.165) is 6.42 Å². The van der Waals surface area contributed by atoms with Crippen molar-refractivity contribution in [3.63, 3.8) is 0 Å². The monoisotopic (exact) mass is 271 g/mol. The van der Waals surface area contributed by atoms with Crippen LogP contribution in [-0.2, 0) is 0 Å². The summed E-state index contributed by atoms with van der Waals surface area (Å²) in [7, 11) is 0. The summed E-state index contributed by atoms with van der Waals surface area (Å²) < 4.78 is 19.4. The number of hydrogen-bond acceptors (Lipinski definition) is 2. The van der Waals surface area contributed by atoms with Crippen LogP contribution in [0.15, 0.2) is 48.5 Å². The van der Waals surface area contributed by atoms with Crippen LogP contribution in [0.1, 0.15) is 16.8 Å². The number of carbonyl (C=O) groups is 1. The molecule has 1 heterocycles. The highest BCUT2D eigenvalue weighted by Gasteiger charge is 2.24. The maximum atomic E-state index is 13.8. The number of nitrogens with zero attached hydrogens (tertiary/aromatic N) is 1. The highest BCUT2D eigenvalue weighted by atomic mass is 19.1. The summed E-state index contributed by atoms with van der Waals surface area (Å²) in [5, 5.41) is 0. The van der Waals surface area contributed by atoms with Crippen LogP contribution in [0.5, 0.6) is 5.75 Å². The Labute approximate surface area is 116 Å². The molecular formula is C16H14FNO2. The third-order valence-corrected chi connectivity index (χ3v) is 3.29. The van der Waals surface area contributed by atoms with Gasteiger partial charge >= 0.3 is 0 Å². The molecule has 1 aliphatic rings. The standard InChI is InChI=1S/C16H14FNO2/c17-13-7-2-1-6-12(13)16(19)18-10-5-11-20-15-9-4-3-8-14(15)18/h1-4,6-9H,5,10-11H2. The zero-order chi connectivity index (χ0) is 13.9. The lowest BCUT2D eigenvalue weighted by atomic mass is 10.1. The Kier molecular flexibility index (Phi) is 3.37. The summed E-state index contributed by atoms with van der Waals surface area (Å²) >= 11 is 0. The molecule has 0 spiro atoms. The minimum absolute atomic E-state index is 0.0872. The predicted octanol–water partition coefficient (Wildman–Crippen LogP) is 3.26. The Hall–Kier alpha value is -2.36. The van der Waals surface area contributed by atoms with Crippen LogP contribution in [-0.4, -0.2) is 19.1 Å². The van der Waals surface area contributed by atoms with E-state index in [-0.39, 0.29) is 11.5 Å². The average Bonchev–Trinajstić information content (AvgIpc) is 2.69. The molecule has 3 rings (SSSR count). The molecule has 0 saturated heterocycles. The number of ether oxygens (including phenoxy) is 1. The van der Waals surface area contributed by atoms with Gasteiger partial charge in [-0.05, 0) is 30.7 Å². The van der Waals surface area contributed by atoms with E-state index in [4.69, 9.17) is 4.74 Å². The predicted molar refractivity (Wildman–Crippen MR) is 74.6 cm³/mol. The molecule has 0 N–H and O–H groups in total. The second kappa shape index (κ2) is 5.33. The molecule has 0 aromatic heterocycles.